The van der Waals surface area contributed by atoms with Crippen molar-refractivity contribution in [3.63, 3.8) is 0 Å². The lowest BCUT2D eigenvalue weighted by Gasteiger charge is -2.35. The van der Waals surface area contributed by atoms with Gasteiger partial charge in [0.25, 0.3) is 5.91 Å². The summed E-state index contributed by atoms with van der Waals surface area (Å²) >= 11 is 6.13. The van der Waals surface area contributed by atoms with Crippen LogP contribution < -0.4 is 10.6 Å². The number of hydrogen-bond acceptors (Lipinski definition) is 3. The molecule has 2 aromatic rings. The molecule has 2 aliphatic rings. The zero-order chi connectivity index (χ0) is 22.3. The number of nitrogens with zero attached hydrogens (tertiary/aromatic N) is 1. The fourth-order valence-electron chi connectivity index (χ4n) is 4.78. The molecule has 0 atom stereocenters. The number of piperidine rings is 1. The molecule has 0 radical (unpaired) electrons. The van der Waals surface area contributed by atoms with E-state index in [0.29, 0.717) is 22.5 Å². The van der Waals surface area contributed by atoms with E-state index in [1.54, 1.807) is 18.2 Å². The molecule has 4 rings (SSSR count). The molecule has 2 amide bonds. The van der Waals surface area contributed by atoms with Crippen LogP contribution in [-0.4, -0.2) is 35.8 Å². The van der Waals surface area contributed by atoms with Crippen LogP contribution in [-0.2, 0) is 11.3 Å². The lowest BCUT2D eigenvalue weighted by atomic mass is 9.87. The van der Waals surface area contributed by atoms with Gasteiger partial charge in [0.05, 0.1) is 10.6 Å². The van der Waals surface area contributed by atoms with Crippen LogP contribution in [0, 0.1) is 5.92 Å². The Labute approximate surface area is 195 Å². The van der Waals surface area contributed by atoms with Crippen molar-refractivity contribution in [3.8, 4) is 0 Å². The maximum Gasteiger partial charge on any atom is 0.257 e. The van der Waals surface area contributed by atoms with Gasteiger partial charge in [-0.25, -0.2) is 0 Å². The van der Waals surface area contributed by atoms with E-state index in [4.69, 9.17) is 11.6 Å². The number of likely N-dealkylation sites (tertiary alicyclic amines) is 1. The molecule has 32 heavy (non-hydrogen) atoms. The second-order valence-corrected chi connectivity index (χ2v) is 9.36. The van der Waals surface area contributed by atoms with E-state index in [2.05, 4.69) is 21.6 Å². The summed E-state index contributed by atoms with van der Waals surface area (Å²) in [6.45, 7) is 2.43. The van der Waals surface area contributed by atoms with Gasteiger partial charge in [0.15, 0.2) is 0 Å². The van der Waals surface area contributed by atoms with Crippen LogP contribution in [0.1, 0.15) is 60.9 Å². The Morgan fingerprint density at radius 3 is 2.44 bits per heavy atom. The minimum absolute atomic E-state index is 0.212. The molecule has 0 unspecified atom stereocenters. The molecule has 2 aromatic carbocycles. The van der Waals surface area contributed by atoms with Crippen molar-refractivity contribution in [2.45, 2.75) is 57.5 Å². The molecule has 1 aliphatic heterocycles. The Morgan fingerprint density at radius 1 is 0.938 bits per heavy atom. The van der Waals surface area contributed by atoms with Gasteiger partial charge in [-0.05, 0) is 55.5 Å². The highest BCUT2D eigenvalue weighted by Gasteiger charge is 2.28. The van der Waals surface area contributed by atoms with Crippen molar-refractivity contribution >= 4 is 29.1 Å². The molecular weight excluding hydrogens is 422 g/mol. The van der Waals surface area contributed by atoms with Gasteiger partial charge >= 0.3 is 0 Å². The fraction of sp³-hybridized carbons (Fsp3) is 0.462. The third-order valence-corrected chi connectivity index (χ3v) is 6.99. The second kappa shape index (κ2) is 11.0. The number of hydrogen-bond donors (Lipinski definition) is 2. The molecule has 0 spiro atoms. The minimum Gasteiger partial charge on any atom is -0.342 e. The van der Waals surface area contributed by atoms with Crippen LogP contribution >= 0.6 is 11.6 Å². The Kier molecular flexibility index (Phi) is 7.82. The van der Waals surface area contributed by atoms with Crippen LogP contribution in [0.3, 0.4) is 0 Å². The molecule has 0 bridgehead atoms. The molecule has 0 aromatic heterocycles. The SMILES string of the molecule is O=C(Nc1cccc(CNC2CCN(C(=O)C3CCCCC3)CC2)c1)c1ccccc1Cl. The largest absolute Gasteiger partial charge is 0.342 e. The normalized spacial score (nSPS) is 17.8. The number of carbonyl (C=O) groups is 2. The van der Waals surface area contributed by atoms with Crippen LogP contribution in [0.15, 0.2) is 48.5 Å². The van der Waals surface area contributed by atoms with E-state index in [1.807, 2.05) is 24.3 Å². The predicted octanol–water partition coefficient (Wildman–Crippen LogP) is 5.25. The van der Waals surface area contributed by atoms with Crippen molar-refractivity contribution in [2.24, 2.45) is 5.92 Å². The number of benzene rings is 2. The first kappa shape index (κ1) is 22.8. The summed E-state index contributed by atoms with van der Waals surface area (Å²) in [6, 6.07) is 15.3. The van der Waals surface area contributed by atoms with Gasteiger partial charge in [-0.15, -0.1) is 0 Å². The summed E-state index contributed by atoms with van der Waals surface area (Å²) in [5.41, 5.74) is 2.33. The van der Waals surface area contributed by atoms with E-state index in [0.717, 1.165) is 56.6 Å². The second-order valence-electron chi connectivity index (χ2n) is 8.95. The molecule has 170 valence electrons. The Morgan fingerprint density at radius 2 is 1.69 bits per heavy atom. The Balaban J connectivity index is 1.25. The summed E-state index contributed by atoms with van der Waals surface area (Å²) in [4.78, 5) is 27.3. The van der Waals surface area contributed by atoms with Crippen LogP contribution in [0.25, 0.3) is 0 Å². The van der Waals surface area contributed by atoms with Gasteiger partial charge in [0.2, 0.25) is 5.91 Å². The van der Waals surface area contributed by atoms with Crippen molar-refractivity contribution in [3.05, 3.63) is 64.7 Å². The number of halogens is 1. The summed E-state index contributed by atoms with van der Waals surface area (Å²) in [5, 5.41) is 7.00. The van der Waals surface area contributed by atoms with Gasteiger partial charge < -0.3 is 15.5 Å². The monoisotopic (exact) mass is 453 g/mol. The van der Waals surface area contributed by atoms with Crippen molar-refractivity contribution in [2.75, 3.05) is 18.4 Å². The first-order chi connectivity index (χ1) is 15.6. The third-order valence-electron chi connectivity index (χ3n) is 6.66. The zero-order valence-corrected chi connectivity index (χ0v) is 19.2. The molecule has 2 N–H and O–H groups in total. The molecule has 1 aliphatic carbocycles. The van der Waals surface area contributed by atoms with Crippen molar-refractivity contribution in [1.29, 1.82) is 0 Å². The van der Waals surface area contributed by atoms with E-state index in [1.165, 1.54) is 19.3 Å². The number of anilines is 1. The van der Waals surface area contributed by atoms with Gasteiger partial charge in [-0.3, -0.25) is 9.59 Å². The van der Waals surface area contributed by atoms with Crippen molar-refractivity contribution < 1.29 is 9.59 Å². The maximum absolute atomic E-state index is 12.8. The Bertz CT molecular complexity index is 934. The fourth-order valence-corrected chi connectivity index (χ4v) is 5.00. The zero-order valence-electron chi connectivity index (χ0n) is 18.5. The van der Waals surface area contributed by atoms with Gasteiger partial charge in [0.1, 0.15) is 0 Å². The standard InChI is InChI=1S/C26H32ClN3O2/c27-24-12-5-4-11-23(24)25(31)29-22-10-6-7-19(17-22)18-28-21-13-15-30(16-14-21)26(32)20-8-2-1-3-9-20/h4-7,10-12,17,20-21,28H,1-3,8-9,13-16,18H2,(H,29,31). The number of rotatable bonds is 6. The van der Waals surface area contributed by atoms with E-state index in [-0.39, 0.29) is 11.8 Å². The van der Waals surface area contributed by atoms with Crippen LogP contribution in [0.5, 0.6) is 0 Å². The third kappa shape index (κ3) is 5.90. The lowest BCUT2D eigenvalue weighted by Crippen LogP contribution is -2.46. The first-order valence-corrected chi connectivity index (χ1v) is 12.1. The summed E-state index contributed by atoms with van der Waals surface area (Å²) < 4.78 is 0. The predicted molar refractivity (Wildman–Crippen MR) is 129 cm³/mol. The average molecular weight is 454 g/mol. The van der Waals surface area contributed by atoms with Gasteiger partial charge in [-0.1, -0.05) is 55.1 Å². The maximum atomic E-state index is 12.8. The first-order valence-electron chi connectivity index (χ1n) is 11.8. The topological polar surface area (TPSA) is 61.4 Å². The van der Waals surface area contributed by atoms with Gasteiger partial charge in [0, 0.05) is 37.3 Å². The van der Waals surface area contributed by atoms with Crippen molar-refractivity contribution in [1.82, 2.24) is 10.2 Å². The molecular formula is C26H32ClN3O2. The van der Waals surface area contributed by atoms with E-state index < -0.39 is 0 Å². The van der Waals surface area contributed by atoms with Gasteiger partial charge in [-0.2, -0.15) is 0 Å². The molecule has 6 heteroatoms. The van der Waals surface area contributed by atoms with E-state index >= 15 is 0 Å². The summed E-state index contributed by atoms with van der Waals surface area (Å²) in [5.74, 6) is 0.429. The minimum atomic E-state index is -0.212. The Hall–Kier alpha value is -2.37. The molecule has 1 saturated carbocycles. The molecule has 2 fully saturated rings. The van der Waals surface area contributed by atoms with E-state index in [9.17, 15) is 9.59 Å². The highest BCUT2D eigenvalue weighted by Crippen LogP contribution is 2.26. The highest BCUT2D eigenvalue weighted by atomic mass is 35.5. The molecule has 5 nitrogen and oxygen atoms in total. The van der Waals surface area contributed by atoms with Crippen LogP contribution in [0.4, 0.5) is 5.69 Å². The number of carbonyl (C=O) groups excluding carboxylic acids is 2. The van der Waals surface area contributed by atoms with Crippen LogP contribution in [0.2, 0.25) is 5.02 Å². The quantitative estimate of drug-likeness (QED) is 0.627. The molecule has 1 heterocycles. The molecule has 1 saturated heterocycles. The smallest absolute Gasteiger partial charge is 0.257 e. The lowest BCUT2D eigenvalue weighted by molar-refractivity contribution is -0.137. The number of nitrogens with one attached hydrogen (secondary N) is 2. The average Bonchev–Trinajstić information content (AvgIpc) is 2.83. The summed E-state index contributed by atoms with van der Waals surface area (Å²) in [7, 11) is 0. The highest BCUT2D eigenvalue weighted by molar-refractivity contribution is 6.34. The summed E-state index contributed by atoms with van der Waals surface area (Å²) in [6.07, 6.45) is 7.79. The number of amides is 2.